The SMILES string of the molecule is Cc1ccnc(NCCCOc2ccccc2)n1. The predicted octanol–water partition coefficient (Wildman–Crippen LogP) is 2.67. The lowest BCUT2D eigenvalue weighted by molar-refractivity contribution is 0.315. The average Bonchev–Trinajstić information content (AvgIpc) is 2.40. The van der Waals surface area contributed by atoms with E-state index in [2.05, 4.69) is 15.3 Å². The highest BCUT2D eigenvalue weighted by atomic mass is 16.5. The molecule has 18 heavy (non-hydrogen) atoms. The van der Waals surface area contributed by atoms with Gasteiger partial charge in [0.1, 0.15) is 5.75 Å². The fraction of sp³-hybridized carbons (Fsp3) is 0.286. The van der Waals surface area contributed by atoms with Crippen LogP contribution in [0.15, 0.2) is 42.6 Å². The van der Waals surface area contributed by atoms with E-state index in [1.807, 2.05) is 43.3 Å². The molecule has 0 aliphatic rings. The van der Waals surface area contributed by atoms with Crippen molar-refractivity contribution in [3.8, 4) is 5.75 Å². The number of ether oxygens (including phenoxy) is 1. The van der Waals surface area contributed by atoms with Crippen molar-refractivity contribution in [2.45, 2.75) is 13.3 Å². The van der Waals surface area contributed by atoms with Gasteiger partial charge in [-0.25, -0.2) is 9.97 Å². The van der Waals surface area contributed by atoms with E-state index in [0.717, 1.165) is 24.4 Å². The first-order valence-corrected chi connectivity index (χ1v) is 6.06. The topological polar surface area (TPSA) is 47.0 Å². The van der Waals surface area contributed by atoms with Crippen LogP contribution in [0.25, 0.3) is 0 Å². The molecule has 1 aromatic heterocycles. The Labute approximate surface area is 107 Å². The zero-order valence-electron chi connectivity index (χ0n) is 10.5. The normalized spacial score (nSPS) is 10.1. The van der Waals surface area contributed by atoms with E-state index in [0.29, 0.717) is 12.6 Å². The molecule has 0 unspecified atom stereocenters. The lowest BCUT2D eigenvalue weighted by Gasteiger charge is -2.07. The summed E-state index contributed by atoms with van der Waals surface area (Å²) in [6, 6.07) is 11.7. The van der Waals surface area contributed by atoms with Crippen LogP contribution in [0.3, 0.4) is 0 Å². The Kier molecular flexibility index (Phi) is 4.53. The van der Waals surface area contributed by atoms with Gasteiger partial charge in [-0.3, -0.25) is 0 Å². The molecule has 94 valence electrons. The summed E-state index contributed by atoms with van der Waals surface area (Å²) in [6.07, 6.45) is 2.66. The summed E-state index contributed by atoms with van der Waals surface area (Å²) in [5.41, 5.74) is 0.966. The Morgan fingerprint density at radius 3 is 2.78 bits per heavy atom. The number of hydrogen-bond acceptors (Lipinski definition) is 4. The number of nitrogens with one attached hydrogen (secondary N) is 1. The molecule has 1 aromatic carbocycles. The molecule has 0 spiro atoms. The highest BCUT2D eigenvalue weighted by Gasteiger charge is 1.95. The van der Waals surface area contributed by atoms with Crippen molar-refractivity contribution in [1.29, 1.82) is 0 Å². The van der Waals surface area contributed by atoms with Gasteiger partial charge >= 0.3 is 0 Å². The molecule has 0 aliphatic carbocycles. The molecule has 0 atom stereocenters. The molecular formula is C14H17N3O. The molecule has 0 saturated heterocycles. The van der Waals surface area contributed by atoms with E-state index in [4.69, 9.17) is 4.74 Å². The number of benzene rings is 1. The van der Waals surface area contributed by atoms with Crippen LogP contribution in [0.1, 0.15) is 12.1 Å². The van der Waals surface area contributed by atoms with Crippen LogP contribution in [-0.4, -0.2) is 23.1 Å². The number of rotatable bonds is 6. The number of nitrogens with zero attached hydrogens (tertiary/aromatic N) is 2. The molecule has 0 aliphatic heterocycles. The van der Waals surface area contributed by atoms with Gasteiger partial charge in [-0.2, -0.15) is 0 Å². The highest BCUT2D eigenvalue weighted by Crippen LogP contribution is 2.08. The minimum atomic E-state index is 0.676. The summed E-state index contributed by atoms with van der Waals surface area (Å²) >= 11 is 0. The minimum absolute atomic E-state index is 0.676. The maximum absolute atomic E-state index is 5.59. The fourth-order valence-corrected chi connectivity index (χ4v) is 1.51. The molecule has 0 amide bonds. The molecule has 1 N–H and O–H groups in total. The summed E-state index contributed by atoms with van der Waals surface area (Å²) in [4.78, 5) is 8.40. The second-order valence-corrected chi connectivity index (χ2v) is 3.96. The number of hydrogen-bond donors (Lipinski definition) is 1. The number of aromatic nitrogens is 2. The highest BCUT2D eigenvalue weighted by molar-refractivity contribution is 5.24. The van der Waals surface area contributed by atoms with Crippen LogP contribution in [0.5, 0.6) is 5.75 Å². The van der Waals surface area contributed by atoms with Gasteiger partial charge in [-0.05, 0) is 31.5 Å². The molecule has 2 aromatic rings. The zero-order valence-corrected chi connectivity index (χ0v) is 10.5. The molecule has 0 saturated carbocycles. The molecule has 2 rings (SSSR count). The van der Waals surface area contributed by atoms with Gasteiger partial charge in [0, 0.05) is 18.4 Å². The third-order valence-electron chi connectivity index (χ3n) is 2.41. The smallest absolute Gasteiger partial charge is 0.222 e. The van der Waals surface area contributed by atoms with Crippen molar-refractivity contribution < 1.29 is 4.74 Å². The molecule has 4 heteroatoms. The van der Waals surface area contributed by atoms with Gasteiger partial charge in [0.05, 0.1) is 6.61 Å². The second-order valence-electron chi connectivity index (χ2n) is 3.96. The standard InChI is InChI=1S/C14H17N3O/c1-12-8-10-16-14(17-12)15-9-5-11-18-13-6-3-2-4-7-13/h2-4,6-8,10H,5,9,11H2,1H3,(H,15,16,17). The van der Waals surface area contributed by atoms with Crippen LogP contribution < -0.4 is 10.1 Å². The van der Waals surface area contributed by atoms with Crippen molar-refractivity contribution in [3.63, 3.8) is 0 Å². The first-order chi connectivity index (χ1) is 8.84. The summed E-state index contributed by atoms with van der Waals surface area (Å²) in [7, 11) is 0. The maximum Gasteiger partial charge on any atom is 0.222 e. The quantitative estimate of drug-likeness (QED) is 0.792. The van der Waals surface area contributed by atoms with Gasteiger partial charge in [0.15, 0.2) is 0 Å². The van der Waals surface area contributed by atoms with E-state index < -0.39 is 0 Å². The van der Waals surface area contributed by atoms with E-state index in [-0.39, 0.29) is 0 Å². The van der Waals surface area contributed by atoms with Gasteiger partial charge in [-0.15, -0.1) is 0 Å². The van der Waals surface area contributed by atoms with Crippen molar-refractivity contribution in [2.75, 3.05) is 18.5 Å². The zero-order chi connectivity index (χ0) is 12.6. The molecule has 0 radical (unpaired) electrons. The van der Waals surface area contributed by atoms with Crippen LogP contribution >= 0.6 is 0 Å². The lowest BCUT2D eigenvalue weighted by atomic mass is 10.3. The average molecular weight is 243 g/mol. The van der Waals surface area contributed by atoms with Crippen molar-refractivity contribution in [3.05, 3.63) is 48.3 Å². The van der Waals surface area contributed by atoms with Crippen LogP contribution in [0, 0.1) is 6.92 Å². The third-order valence-corrected chi connectivity index (χ3v) is 2.41. The third kappa shape index (κ3) is 4.05. The lowest BCUT2D eigenvalue weighted by Crippen LogP contribution is -2.09. The summed E-state index contributed by atoms with van der Waals surface area (Å²) in [5.74, 6) is 1.58. The Morgan fingerprint density at radius 1 is 1.17 bits per heavy atom. The molecular weight excluding hydrogens is 226 g/mol. The largest absolute Gasteiger partial charge is 0.494 e. The predicted molar refractivity (Wildman–Crippen MR) is 71.8 cm³/mol. The first kappa shape index (κ1) is 12.4. The van der Waals surface area contributed by atoms with Crippen molar-refractivity contribution >= 4 is 5.95 Å². The van der Waals surface area contributed by atoms with Gasteiger partial charge in [-0.1, -0.05) is 18.2 Å². The van der Waals surface area contributed by atoms with E-state index in [1.54, 1.807) is 6.20 Å². The Balaban J connectivity index is 1.65. The summed E-state index contributed by atoms with van der Waals surface area (Å²) < 4.78 is 5.59. The van der Waals surface area contributed by atoms with Gasteiger partial charge < -0.3 is 10.1 Å². The molecule has 0 bridgehead atoms. The van der Waals surface area contributed by atoms with Crippen LogP contribution in [-0.2, 0) is 0 Å². The summed E-state index contributed by atoms with van der Waals surface area (Å²) in [6.45, 7) is 3.44. The Hall–Kier alpha value is -2.10. The van der Waals surface area contributed by atoms with Gasteiger partial charge in [0.2, 0.25) is 5.95 Å². The Morgan fingerprint density at radius 2 is 2.00 bits per heavy atom. The molecule has 1 heterocycles. The number of anilines is 1. The summed E-state index contributed by atoms with van der Waals surface area (Å²) in [5, 5.41) is 3.17. The molecule has 4 nitrogen and oxygen atoms in total. The van der Waals surface area contributed by atoms with Crippen LogP contribution in [0.2, 0.25) is 0 Å². The van der Waals surface area contributed by atoms with Crippen molar-refractivity contribution in [1.82, 2.24) is 9.97 Å². The number of para-hydroxylation sites is 1. The fourth-order valence-electron chi connectivity index (χ4n) is 1.51. The van der Waals surface area contributed by atoms with E-state index >= 15 is 0 Å². The second kappa shape index (κ2) is 6.59. The van der Waals surface area contributed by atoms with Crippen molar-refractivity contribution in [2.24, 2.45) is 0 Å². The van der Waals surface area contributed by atoms with E-state index in [9.17, 15) is 0 Å². The molecule has 0 fully saturated rings. The van der Waals surface area contributed by atoms with E-state index in [1.165, 1.54) is 0 Å². The van der Waals surface area contributed by atoms with Crippen LogP contribution in [0.4, 0.5) is 5.95 Å². The monoisotopic (exact) mass is 243 g/mol. The first-order valence-electron chi connectivity index (χ1n) is 6.06. The Bertz CT molecular complexity index is 473. The van der Waals surface area contributed by atoms with Gasteiger partial charge in [0.25, 0.3) is 0 Å². The minimum Gasteiger partial charge on any atom is -0.494 e. The number of aryl methyl sites for hydroxylation is 1. The maximum atomic E-state index is 5.59.